The lowest BCUT2D eigenvalue weighted by atomic mass is 10.1. The highest BCUT2D eigenvalue weighted by molar-refractivity contribution is 5.36. The molecule has 25 heavy (non-hydrogen) atoms. The van der Waals surface area contributed by atoms with Crippen molar-refractivity contribution < 1.29 is 0 Å². The van der Waals surface area contributed by atoms with Crippen LogP contribution in [0.4, 0.5) is 11.9 Å². The Hall–Kier alpha value is -2.82. The average molecular weight is 335 g/mol. The number of anilines is 2. The van der Waals surface area contributed by atoms with Crippen molar-refractivity contribution in [2.24, 2.45) is 0 Å². The van der Waals surface area contributed by atoms with Crippen molar-refractivity contribution in [2.75, 3.05) is 10.6 Å². The van der Waals surface area contributed by atoms with Gasteiger partial charge in [-0.2, -0.15) is 4.98 Å². The number of rotatable bonds is 8. The number of H-pyrrole nitrogens is 1. The number of hydrogen-bond donors (Lipinski definition) is 3. The quantitative estimate of drug-likeness (QED) is 0.578. The molecule has 0 aliphatic carbocycles. The molecule has 0 atom stereocenters. The highest BCUT2D eigenvalue weighted by Crippen LogP contribution is 2.10. The van der Waals surface area contributed by atoms with Crippen LogP contribution in [0.3, 0.4) is 0 Å². The van der Waals surface area contributed by atoms with E-state index in [1.165, 1.54) is 22.3 Å². The van der Waals surface area contributed by atoms with Crippen LogP contribution in [-0.2, 0) is 25.9 Å². The smallest absolute Gasteiger partial charge is 0.243 e. The van der Waals surface area contributed by atoms with Gasteiger partial charge < -0.3 is 10.6 Å². The Morgan fingerprint density at radius 2 is 1.20 bits per heavy atom. The first kappa shape index (κ1) is 17.0. The minimum atomic E-state index is 0.600. The van der Waals surface area contributed by atoms with Crippen molar-refractivity contribution in [3.8, 4) is 0 Å². The number of nitrogens with zero attached hydrogens (tertiary/aromatic N) is 2. The normalized spacial score (nSPS) is 10.6. The Morgan fingerprint density at radius 1 is 0.720 bits per heavy atom. The Balaban J connectivity index is 1.49. The van der Waals surface area contributed by atoms with Crippen LogP contribution >= 0.6 is 0 Å². The van der Waals surface area contributed by atoms with Crippen LogP contribution in [0.25, 0.3) is 0 Å². The van der Waals surface area contributed by atoms with E-state index in [2.05, 4.69) is 88.2 Å². The fourth-order valence-electron chi connectivity index (χ4n) is 2.57. The highest BCUT2D eigenvalue weighted by Gasteiger charge is 2.03. The lowest BCUT2D eigenvalue weighted by molar-refractivity contribution is 1.03. The van der Waals surface area contributed by atoms with Crippen LogP contribution in [0.15, 0.2) is 48.5 Å². The molecule has 0 unspecified atom stereocenters. The molecule has 0 spiro atoms. The second-order valence-corrected chi connectivity index (χ2v) is 6.05. The molecule has 0 fully saturated rings. The maximum atomic E-state index is 4.42. The second-order valence-electron chi connectivity index (χ2n) is 6.05. The molecule has 0 radical (unpaired) electrons. The Bertz CT molecular complexity index is 709. The van der Waals surface area contributed by atoms with Crippen LogP contribution in [0, 0.1) is 0 Å². The lowest BCUT2D eigenvalue weighted by Crippen LogP contribution is -2.02. The van der Waals surface area contributed by atoms with Gasteiger partial charge in [0.2, 0.25) is 11.9 Å². The number of aromatic nitrogens is 3. The summed E-state index contributed by atoms with van der Waals surface area (Å²) in [6.07, 6.45) is 2.12. The van der Waals surface area contributed by atoms with Crippen LogP contribution in [0.2, 0.25) is 0 Å². The van der Waals surface area contributed by atoms with Crippen LogP contribution in [-0.4, -0.2) is 15.2 Å². The van der Waals surface area contributed by atoms with Gasteiger partial charge >= 0.3 is 0 Å². The topological polar surface area (TPSA) is 65.6 Å². The molecule has 0 saturated carbocycles. The van der Waals surface area contributed by atoms with E-state index >= 15 is 0 Å². The highest BCUT2D eigenvalue weighted by atomic mass is 15.3. The molecule has 2 aromatic carbocycles. The van der Waals surface area contributed by atoms with Gasteiger partial charge in [0.15, 0.2) is 0 Å². The van der Waals surface area contributed by atoms with Crippen molar-refractivity contribution in [1.29, 1.82) is 0 Å². The number of benzene rings is 2. The molecule has 0 aliphatic rings. The molecule has 0 aliphatic heterocycles. The lowest BCUT2D eigenvalue weighted by Gasteiger charge is -2.04. The van der Waals surface area contributed by atoms with Crippen molar-refractivity contribution >= 4 is 11.9 Å². The van der Waals surface area contributed by atoms with Crippen molar-refractivity contribution in [2.45, 2.75) is 39.8 Å². The summed E-state index contributed by atoms with van der Waals surface area (Å²) in [7, 11) is 0. The standard InChI is InChI=1S/C20H25N5/c1-3-15-5-9-17(10-6-15)13-21-19-23-20(25-24-19)22-14-18-11-7-16(4-2)8-12-18/h5-12H,3-4,13-14H2,1-2H3,(H3,21,22,23,24,25). The zero-order valence-electron chi connectivity index (χ0n) is 14.8. The van der Waals surface area contributed by atoms with Crippen molar-refractivity contribution in [1.82, 2.24) is 15.2 Å². The summed E-state index contributed by atoms with van der Waals surface area (Å²) in [6, 6.07) is 17.2. The first-order valence-electron chi connectivity index (χ1n) is 8.82. The molecule has 1 heterocycles. The molecule has 3 N–H and O–H groups in total. The summed E-state index contributed by atoms with van der Waals surface area (Å²) in [6.45, 7) is 5.75. The molecule has 5 heteroatoms. The summed E-state index contributed by atoms with van der Waals surface area (Å²) in [5.41, 5.74) is 5.13. The number of aryl methyl sites for hydroxylation is 2. The van der Waals surface area contributed by atoms with Gasteiger partial charge in [0.25, 0.3) is 0 Å². The SMILES string of the molecule is CCc1ccc(CNc2n[nH]c(NCc3ccc(CC)cc3)n2)cc1. The molecule has 0 saturated heterocycles. The number of nitrogens with one attached hydrogen (secondary N) is 3. The van der Waals surface area contributed by atoms with E-state index in [9.17, 15) is 0 Å². The van der Waals surface area contributed by atoms with E-state index in [0.717, 1.165) is 19.4 Å². The predicted molar refractivity (Wildman–Crippen MR) is 103 cm³/mol. The van der Waals surface area contributed by atoms with E-state index in [1.807, 2.05) is 0 Å². The van der Waals surface area contributed by atoms with Crippen molar-refractivity contribution in [3.05, 3.63) is 70.8 Å². The first-order valence-corrected chi connectivity index (χ1v) is 8.82. The van der Waals surface area contributed by atoms with Gasteiger partial charge in [-0.25, -0.2) is 5.10 Å². The minimum absolute atomic E-state index is 0.600. The fraction of sp³-hybridized carbons (Fsp3) is 0.300. The summed E-state index contributed by atoms with van der Waals surface area (Å²) >= 11 is 0. The van der Waals surface area contributed by atoms with E-state index in [4.69, 9.17) is 0 Å². The Labute approximate surface area is 148 Å². The number of hydrogen-bond acceptors (Lipinski definition) is 4. The van der Waals surface area contributed by atoms with Gasteiger partial charge in [0.1, 0.15) is 0 Å². The minimum Gasteiger partial charge on any atom is -0.350 e. The van der Waals surface area contributed by atoms with E-state index in [-0.39, 0.29) is 0 Å². The largest absolute Gasteiger partial charge is 0.350 e. The summed E-state index contributed by atoms with van der Waals surface area (Å²) in [5, 5.41) is 13.6. The third-order valence-electron chi connectivity index (χ3n) is 4.26. The first-order chi connectivity index (χ1) is 12.3. The third kappa shape index (κ3) is 4.83. The van der Waals surface area contributed by atoms with Crippen molar-refractivity contribution in [3.63, 3.8) is 0 Å². The Kier molecular flexibility index (Phi) is 5.67. The third-order valence-corrected chi connectivity index (χ3v) is 4.26. The summed E-state index contributed by atoms with van der Waals surface area (Å²) < 4.78 is 0. The molecular formula is C20H25N5. The van der Waals surface area contributed by atoms with Gasteiger partial charge in [-0.3, -0.25) is 0 Å². The zero-order chi connectivity index (χ0) is 17.5. The molecule has 130 valence electrons. The molecule has 0 bridgehead atoms. The maximum absolute atomic E-state index is 4.42. The van der Waals surface area contributed by atoms with Gasteiger partial charge in [-0.15, -0.1) is 5.10 Å². The van der Waals surface area contributed by atoms with Crippen LogP contribution in [0.1, 0.15) is 36.1 Å². The van der Waals surface area contributed by atoms with E-state index in [1.54, 1.807) is 0 Å². The van der Waals surface area contributed by atoms with Gasteiger partial charge in [-0.1, -0.05) is 62.4 Å². The molecule has 3 aromatic rings. The van der Waals surface area contributed by atoms with Gasteiger partial charge in [-0.05, 0) is 35.1 Å². The monoisotopic (exact) mass is 335 g/mol. The molecule has 3 rings (SSSR count). The van der Waals surface area contributed by atoms with Crippen LogP contribution < -0.4 is 10.6 Å². The predicted octanol–water partition coefficient (Wildman–Crippen LogP) is 4.15. The summed E-state index contributed by atoms with van der Waals surface area (Å²) in [5.74, 6) is 1.27. The van der Waals surface area contributed by atoms with E-state index in [0.29, 0.717) is 18.4 Å². The molecule has 0 amide bonds. The van der Waals surface area contributed by atoms with Crippen LogP contribution in [0.5, 0.6) is 0 Å². The fourth-order valence-corrected chi connectivity index (χ4v) is 2.57. The Morgan fingerprint density at radius 3 is 1.72 bits per heavy atom. The maximum Gasteiger partial charge on any atom is 0.243 e. The van der Waals surface area contributed by atoms with E-state index < -0.39 is 0 Å². The molecule has 1 aromatic heterocycles. The zero-order valence-corrected chi connectivity index (χ0v) is 14.8. The summed E-state index contributed by atoms with van der Waals surface area (Å²) in [4.78, 5) is 4.42. The average Bonchev–Trinajstić information content (AvgIpc) is 3.13. The van der Waals surface area contributed by atoms with Gasteiger partial charge in [0.05, 0.1) is 0 Å². The molecular weight excluding hydrogens is 310 g/mol. The second kappa shape index (κ2) is 8.33. The molecule has 5 nitrogen and oxygen atoms in total. The number of aromatic amines is 1. The van der Waals surface area contributed by atoms with Gasteiger partial charge in [0, 0.05) is 13.1 Å².